The van der Waals surface area contributed by atoms with E-state index in [2.05, 4.69) is 14.9 Å². The van der Waals surface area contributed by atoms with Crippen LogP contribution in [0.2, 0.25) is 0 Å². The number of hydrogen-bond donors (Lipinski definition) is 1. The van der Waals surface area contributed by atoms with E-state index in [1.807, 2.05) is 31.3 Å². The van der Waals surface area contributed by atoms with Gasteiger partial charge in [-0.3, -0.25) is 4.90 Å². The van der Waals surface area contributed by atoms with E-state index in [9.17, 15) is 4.79 Å². The van der Waals surface area contributed by atoms with Crippen molar-refractivity contribution in [2.75, 3.05) is 19.6 Å². The first kappa shape index (κ1) is 13.6. The third-order valence-corrected chi connectivity index (χ3v) is 4.77. The molecule has 2 aromatic rings. The summed E-state index contributed by atoms with van der Waals surface area (Å²) in [6.07, 6.45) is 1.56. The zero-order valence-electron chi connectivity index (χ0n) is 12.7. The summed E-state index contributed by atoms with van der Waals surface area (Å²) in [4.78, 5) is 18.7. The summed E-state index contributed by atoms with van der Waals surface area (Å²) >= 11 is 0. The lowest BCUT2D eigenvalue weighted by Crippen LogP contribution is -2.44. The fourth-order valence-corrected chi connectivity index (χ4v) is 3.46. The molecule has 22 heavy (non-hydrogen) atoms. The molecule has 116 valence electrons. The van der Waals surface area contributed by atoms with Crippen molar-refractivity contribution in [3.8, 4) is 0 Å². The van der Waals surface area contributed by atoms with Crippen molar-refractivity contribution in [3.63, 3.8) is 0 Å². The second-order valence-electron chi connectivity index (χ2n) is 6.23. The first-order valence-corrected chi connectivity index (χ1v) is 7.76. The van der Waals surface area contributed by atoms with Crippen molar-refractivity contribution in [3.05, 3.63) is 30.1 Å². The summed E-state index contributed by atoms with van der Waals surface area (Å²) < 4.78 is 7.75. The van der Waals surface area contributed by atoms with Crippen LogP contribution in [0.15, 0.2) is 24.3 Å². The number of nitrogens with zero attached hydrogens (tertiary/aromatic N) is 3. The molecule has 0 aliphatic carbocycles. The Morgan fingerprint density at radius 2 is 2.09 bits per heavy atom. The van der Waals surface area contributed by atoms with E-state index in [4.69, 9.17) is 4.74 Å². The number of piperidine rings is 1. The number of amides is 1. The van der Waals surface area contributed by atoms with Crippen molar-refractivity contribution in [1.29, 1.82) is 0 Å². The predicted octanol–water partition coefficient (Wildman–Crippen LogP) is 1.65. The van der Waals surface area contributed by atoms with Gasteiger partial charge in [-0.2, -0.15) is 0 Å². The second kappa shape index (κ2) is 4.98. The van der Waals surface area contributed by atoms with Gasteiger partial charge in [0, 0.05) is 19.9 Å². The van der Waals surface area contributed by atoms with E-state index < -0.39 is 0 Å². The van der Waals surface area contributed by atoms with Gasteiger partial charge in [0.05, 0.1) is 24.1 Å². The molecule has 3 heterocycles. The van der Waals surface area contributed by atoms with Gasteiger partial charge in [0.1, 0.15) is 11.4 Å². The van der Waals surface area contributed by atoms with Crippen LogP contribution >= 0.6 is 0 Å². The summed E-state index contributed by atoms with van der Waals surface area (Å²) in [5.74, 6) is 0.893. The number of hydrogen-bond acceptors (Lipinski definition) is 4. The Labute approximate surface area is 129 Å². The molecule has 0 bridgehead atoms. The van der Waals surface area contributed by atoms with Gasteiger partial charge in [0.15, 0.2) is 0 Å². The van der Waals surface area contributed by atoms with Crippen molar-refractivity contribution >= 4 is 17.1 Å². The van der Waals surface area contributed by atoms with Crippen molar-refractivity contribution < 1.29 is 9.53 Å². The van der Waals surface area contributed by atoms with Crippen molar-refractivity contribution in [2.24, 2.45) is 7.05 Å². The number of benzene rings is 1. The molecular formula is C16H20N4O2. The van der Waals surface area contributed by atoms with Gasteiger partial charge in [0.2, 0.25) is 0 Å². The number of aryl methyl sites for hydroxylation is 1. The van der Waals surface area contributed by atoms with Crippen LogP contribution in [-0.4, -0.2) is 45.8 Å². The standard InChI is InChI=1S/C16H20N4O2/c1-19-13-5-3-2-4-12(13)18-14(19)10-20-11-16(22-15(20)21)6-8-17-9-7-16/h2-5,17H,6-11H2,1H3. The number of nitrogens with one attached hydrogen (secondary N) is 1. The van der Waals surface area contributed by atoms with E-state index in [1.165, 1.54) is 0 Å². The first-order chi connectivity index (χ1) is 10.7. The fraction of sp³-hybridized carbons (Fsp3) is 0.500. The Bertz CT molecular complexity index is 718. The molecule has 2 aliphatic rings. The van der Waals surface area contributed by atoms with Crippen LogP contribution in [0.3, 0.4) is 0 Å². The highest BCUT2D eigenvalue weighted by Gasteiger charge is 2.45. The second-order valence-corrected chi connectivity index (χ2v) is 6.23. The molecule has 6 nitrogen and oxygen atoms in total. The van der Waals surface area contributed by atoms with Gasteiger partial charge < -0.3 is 14.6 Å². The molecule has 1 N–H and O–H groups in total. The highest BCUT2D eigenvalue weighted by atomic mass is 16.6. The van der Waals surface area contributed by atoms with Crippen molar-refractivity contribution in [2.45, 2.75) is 25.0 Å². The molecule has 1 aromatic heterocycles. The topological polar surface area (TPSA) is 59.4 Å². The third kappa shape index (κ3) is 2.14. The lowest BCUT2D eigenvalue weighted by atomic mass is 9.92. The smallest absolute Gasteiger partial charge is 0.410 e. The number of rotatable bonds is 2. The zero-order valence-corrected chi connectivity index (χ0v) is 12.7. The van der Waals surface area contributed by atoms with Crippen LogP contribution in [0, 0.1) is 0 Å². The maximum absolute atomic E-state index is 12.2. The van der Waals surface area contributed by atoms with Crippen LogP contribution in [0.1, 0.15) is 18.7 Å². The number of ether oxygens (including phenoxy) is 1. The minimum Gasteiger partial charge on any atom is -0.441 e. The monoisotopic (exact) mass is 300 g/mol. The highest BCUT2D eigenvalue weighted by molar-refractivity contribution is 5.76. The predicted molar refractivity (Wildman–Crippen MR) is 82.4 cm³/mol. The highest BCUT2D eigenvalue weighted by Crippen LogP contribution is 2.32. The molecule has 1 aromatic carbocycles. The van der Waals surface area contributed by atoms with Crippen LogP contribution in [0.25, 0.3) is 11.0 Å². The maximum atomic E-state index is 12.2. The number of fused-ring (bicyclic) bond motifs is 1. The molecular weight excluding hydrogens is 280 g/mol. The molecule has 0 atom stereocenters. The molecule has 2 fully saturated rings. The average molecular weight is 300 g/mol. The third-order valence-electron chi connectivity index (χ3n) is 4.77. The van der Waals surface area contributed by atoms with Crippen molar-refractivity contribution in [1.82, 2.24) is 19.8 Å². The van der Waals surface area contributed by atoms with E-state index in [0.29, 0.717) is 13.1 Å². The summed E-state index contributed by atoms with van der Waals surface area (Å²) in [6.45, 7) is 2.98. The van der Waals surface area contributed by atoms with E-state index in [1.54, 1.807) is 4.90 Å². The van der Waals surface area contributed by atoms with E-state index in [-0.39, 0.29) is 11.7 Å². The number of carbonyl (C=O) groups excluding carboxylic acids is 1. The fourth-order valence-electron chi connectivity index (χ4n) is 3.46. The zero-order chi connectivity index (χ0) is 15.2. The summed E-state index contributed by atoms with van der Waals surface area (Å²) in [5, 5.41) is 3.32. The van der Waals surface area contributed by atoms with E-state index in [0.717, 1.165) is 42.8 Å². The summed E-state index contributed by atoms with van der Waals surface area (Å²) in [7, 11) is 1.99. The Balaban J connectivity index is 1.57. The molecule has 2 saturated heterocycles. The quantitative estimate of drug-likeness (QED) is 0.916. The molecule has 1 spiro atoms. The van der Waals surface area contributed by atoms with Crippen LogP contribution < -0.4 is 5.32 Å². The average Bonchev–Trinajstić information content (AvgIpc) is 2.99. The van der Waals surface area contributed by atoms with Gasteiger partial charge in [-0.25, -0.2) is 9.78 Å². The number of aromatic nitrogens is 2. The Kier molecular flexibility index (Phi) is 3.07. The van der Waals surface area contributed by atoms with Crippen LogP contribution in [0.4, 0.5) is 4.79 Å². The molecule has 0 radical (unpaired) electrons. The number of imidazole rings is 1. The minimum atomic E-state index is -0.299. The van der Waals surface area contributed by atoms with Gasteiger partial charge in [-0.1, -0.05) is 12.1 Å². The Hall–Kier alpha value is -2.08. The summed E-state index contributed by atoms with van der Waals surface area (Å²) in [6, 6.07) is 8.02. The van der Waals surface area contributed by atoms with Gasteiger partial charge in [-0.15, -0.1) is 0 Å². The minimum absolute atomic E-state index is 0.214. The Morgan fingerprint density at radius 3 is 2.86 bits per heavy atom. The SMILES string of the molecule is Cn1c(CN2CC3(CCNCC3)OC2=O)nc2ccccc21. The summed E-state index contributed by atoms with van der Waals surface area (Å²) in [5.41, 5.74) is 1.75. The van der Waals surface area contributed by atoms with Crippen LogP contribution in [0.5, 0.6) is 0 Å². The molecule has 1 amide bonds. The lowest BCUT2D eigenvalue weighted by molar-refractivity contribution is 0.0316. The Morgan fingerprint density at radius 1 is 1.32 bits per heavy atom. The normalized spacial score (nSPS) is 20.8. The maximum Gasteiger partial charge on any atom is 0.410 e. The lowest BCUT2D eigenvalue weighted by Gasteiger charge is -2.31. The number of para-hydroxylation sites is 2. The number of carbonyl (C=O) groups is 1. The van der Waals surface area contributed by atoms with Gasteiger partial charge >= 0.3 is 6.09 Å². The first-order valence-electron chi connectivity index (χ1n) is 7.76. The molecule has 4 rings (SSSR count). The largest absolute Gasteiger partial charge is 0.441 e. The molecule has 0 saturated carbocycles. The van der Waals surface area contributed by atoms with Crippen LogP contribution in [-0.2, 0) is 18.3 Å². The molecule has 2 aliphatic heterocycles. The molecule has 0 unspecified atom stereocenters. The van der Waals surface area contributed by atoms with E-state index >= 15 is 0 Å². The molecule has 6 heteroatoms. The van der Waals surface area contributed by atoms with Gasteiger partial charge in [-0.05, 0) is 25.2 Å². The van der Waals surface area contributed by atoms with Gasteiger partial charge in [0.25, 0.3) is 0 Å².